The normalized spacial score (nSPS) is 28.9. The molecule has 0 aromatic heterocycles. The van der Waals surface area contributed by atoms with Crippen molar-refractivity contribution < 1.29 is 19.0 Å². The summed E-state index contributed by atoms with van der Waals surface area (Å²) in [6.45, 7) is 6.79. The molecule has 3 aliphatic rings. The molecule has 1 amide bonds. The molecule has 3 saturated heterocycles. The topological polar surface area (TPSA) is 51.2 Å². The Kier molecular flexibility index (Phi) is 5.91. The van der Waals surface area contributed by atoms with Crippen molar-refractivity contribution in [1.29, 1.82) is 0 Å². The fourth-order valence-corrected chi connectivity index (χ4v) is 4.12. The molecule has 0 aromatic carbocycles. The van der Waals surface area contributed by atoms with Crippen molar-refractivity contribution in [2.45, 2.75) is 43.7 Å². The molecule has 0 N–H and O–H groups in total. The second kappa shape index (κ2) is 7.92. The highest BCUT2D eigenvalue weighted by atomic mass is 16.5. The number of likely N-dealkylation sites (tertiary alicyclic amines) is 1. The first-order chi connectivity index (χ1) is 11.2. The van der Waals surface area contributed by atoms with Gasteiger partial charge in [-0.25, -0.2) is 0 Å². The monoisotopic (exact) mass is 326 g/mol. The van der Waals surface area contributed by atoms with E-state index in [1.165, 1.54) is 0 Å². The van der Waals surface area contributed by atoms with Crippen LogP contribution in [0.2, 0.25) is 0 Å². The zero-order valence-corrected chi connectivity index (χ0v) is 14.3. The average molecular weight is 326 g/mol. The van der Waals surface area contributed by atoms with Gasteiger partial charge in [0.1, 0.15) is 0 Å². The summed E-state index contributed by atoms with van der Waals surface area (Å²) in [4.78, 5) is 16.7. The molecular formula is C17H30N2O4. The molecule has 0 aliphatic carbocycles. The molecule has 3 heterocycles. The smallest absolute Gasteiger partial charge is 0.224 e. The number of nitrogens with zero attached hydrogens (tertiary/aromatic N) is 2. The van der Waals surface area contributed by atoms with E-state index in [-0.39, 0.29) is 11.5 Å². The second-order valence-electron chi connectivity index (χ2n) is 6.95. The number of morpholine rings is 1. The minimum Gasteiger partial charge on any atom is -0.384 e. The standard InChI is InChI=1S/C17H30N2O4/c1-21-10-3-16(20)19-6-4-17(5-7-19)14-15(2-11-23-17)18-8-12-22-13-9-18/h15H,2-14H2,1H3. The number of carbonyl (C=O) groups excluding carboxylic acids is 1. The molecule has 3 rings (SSSR count). The van der Waals surface area contributed by atoms with Crippen molar-refractivity contribution in [1.82, 2.24) is 9.80 Å². The molecule has 0 radical (unpaired) electrons. The molecule has 6 nitrogen and oxygen atoms in total. The first-order valence-electron chi connectivity index (χ1n) is 8.95. The highest BCUT2D eigenvalue weighted by Gasteiger charge is 2.42. The Hall–Kier alpha value is -0.690. The van der Waals surface area contributed by atoms with E-state index in [1.54, 1.807) is 7.11 Å². The SMILES string of the molecule is COCCC(=O)N1CCC2(CC1)CC(N1CCOCC1)CCO2. The van der Waals surface area contributed by atoms with Crippen molar-refractivity contribution in [3.63, 3.8) is 0 Å². The molecular weight excluding hydrogens is 296 g/mol. The van der Waals surface area contributed by atoms with Gasteiger partial charge >= 0.3 is 0 Å². The molecule has 3 aliphatic heterocycles. The number of rotatable bonds is 4. The van der Waals surface area contributed by atoms with Crippen molar-refractivity contribution in [3.05, 3.63) is 0 Å². The van der Waals surface area contributed by atoms with Gasteiger partial charge in [-0.15, -0.1) is 0 Å². The largest absolute Gasteiger partial charge is 0.384 e. The molecule has 0 aromatic rings. The summed E-state index contributed by atoms with van der Waals surface area (Å²) >= 11 is 0. The fraction of sp³-hybridized carbons (Fsp3) is 0.941. The third-order valence-electron chi connectivity index (χ3n) is 5.58. The Morgan fingerprint density at radius 1 is 1.17 bits per heavy atom. The predicted octanol–water partition coefficient (Wildman–Crippen LogP) is 0.895. The molecule has 23 heavy (non-hydrogen) atoms. The summed E-state index contributed by atoms with van der Waals surface area (Å²) in [5.74, 6) is 0.210. The summed E-state index contributed by atoms with van der Waals surface area (Å²) in [6, 6.07) is 0.614. The van der Waals surface area contributed by atoms with Gasteiger partial charge in [0.15, 0.2) is 0 Å². The van der Waals surface area contributed by atoms with E-state index in [4.69, 9.17) is 14.2 Å². The summed E-state index contributed by atoms with van der Waals surface area (Å²) in [5, 5.41) is 0. The second-order valence-corrected chi connectivity index (χ2v) is 6.95. The minimum atomic E-state index is -0.0146. The van der Waals surface area contributed by atoms with Crippen LogP contribution in [0.25, 0.3) is 0 Å². The summed E-state index contributed by atoms with van der Waals surface area (Å²) in [6.07, 6.45) is 4.64. The maximum Gasteiger partial charge on any atom is 0.224 e. The van der Waals surface area contributed by atoms with Crippen LogP contribution in [0.15, 0.2) is 0 Å². The van der Waals surface area contributed by atoms with E-state index in [0.29, 0.717) is 19.1 Å². The third-order valence-corrected chi connectivity index (χ3v) is 5.58. The highest BCUT2D eigenvalue weighted by Crippen LogP contribution is 2.37. The Labute approximate surface area is 139 Å². The number of carbonyl (C=O) groups is 1. The number of hydrogen-bond acceptors (Lipinski definition) is 5. The quantitative estimate of drug-likeness (QED) is 0.768. The van der Waals surface area contributed by atoms with Crippen LogP contribution in [-0.4, -0.2) is 87.1 Å². The molecule has 132 valence electrons. The van der Waals surface area contributed by atoms with Gasteiger partial charge in [-0.1, -0.05) is 0 Å². The number of methoxy groups -OCH3 is 1. The lowest BCUT2D eigenvalue weighted by molar-refractivity contribution is -0.152. The van der Waals surface area contributed by atoms with E-state index in [2.05, 4.69) is 4.90 Å². The van der Waals surface area contributed by atoms with E-state index in [1.807, 2.05) is 4.90 Å². The van der Waals surface area contributed by atoms with Gasteiger partial charge in [0.05, 0.1) is 31.8 Å². The van der Waals surface area contributed by atoms with Crippen LogP contribution in [0.1, 0.15) is 32.1 Å². The van der Waals surface area contributed by atoms with Crippen molar-refractivity contribution in [2.24, 2.45) is 0 Å². The van der Waals surface area contributed by atoms with E-state index >= 15 is 0 Å². The van der Waals surface area contributed by atoms with Gasteiger partial charge in [0.25, 0.3) is 0 Å². The lowest BCUT2D eigenvalue weighted by Crippen LogP contribution is -2.55. The first-order valence-corrected chi connectivity index (χ1v) is 8.95. The van der Waals surface area contributed by atoms with E-state index in [0.717, 1.165) is 71.7 Å². The number of ether oxygens (including phenoxy) is 3. The van der Waals surface area contributed by atoms with Crippen LogP contribution in [-0.2, 0) is 19.0 Å². The predicted molar refractivity (Wildman–Crippen MR) is 86.4 cm³/mol. The van der Waals surface area contributed by atoms with Crippen molar-refractivity contribution >= 4 is 5.91 Å². The Balaban J connectivity index is 1.51. The van der Waals surface area contributed by atoms with Gasteiger partial charge < -0.3 is 19.1 Å². The Bertz CT molecular complexity index is 390. The molecule has 0 bridgehead atoms. The molecule has 1 atom stereocenters. The van der Waals surface area contributed by atoms with Gasteiger partial charge in [-0.2, -0.15) is 0 Å². The molecule has 1 spiro atoms. The van der Waals surface area contributed by atoms with Crippen LogP contribution in [0.3, 0.4) is 0 Å². The zero-order valence-electron chi connectivity index (χ0n) is 14.3. The van der Waals surface area contributed by atoms with Gasteiger partial charge in [-0.05, 0) is 25.7 Å². The zero-order chi connectivity index (χ0) is 16.1. The van der Waals surface area contributed by atoms with Crippen LogP contribution >= 0.6 is 0 Å². The van der Waals surface area contributed by atoms with Crippen LogP contribution in [0.5, 0.6) is 0 Å². The lowest BCUT2D eigenvalue weighted by Gasteiger charge is -2.49. The first kappa shape index (κ1) is 17.1. The van der Waals surface area contributed by atoms with Crippen LogP contribution in [0, 0.1) is 0 Å². The average Bonchev–Trinajstić information content (AvgIpc) is 2.61. The summed E-state index contributed by atoms with van der Waals surface area (Å²) < 4.78 is 16.7. The van der Waals surface area contributed by atoms with Crippen LogP contribution in [0.4, 0.5) is 0 Å². The number of piperidine rings is 1. The van der Waals surface area contributed by atoms with Crippen LogP contribution < -0.4 is 0 Å². The molecule has 3 fully saturated rings. The molecule has 0 saturated carbocycles. The maximum atomic E-state index is 12.1. The van der Waals surface area contributed by atoms with Gasteiger partial charge in [0, 0.05) is 45.9 Å². The van der Waals surface area contributed by atoms with Crippen molar-refractivity contribution in [3.8, 4) is 0 Å². The minimum absolute atomic E-state index is 0.0146. The van der Waals surface area contributed by atoms with E-state index in [9.17, 15) is 4.79 Å². The van der Waals surface area contributed by atoms with Crippen molar-refractivity contribution in [2.75, 3.05) is 59.7 Å². The maximum absolute atomic E-state index is 12.1. The van der Waals surface area contributed by atoms with Gasteiger partial charge in [-0.3, -0.25) is 9.69 Å². The summed E-state index contributed by atoms with van der Waals surface area (Å²) in [5.41, 5.74) is -0.0146. The van der Waals surface area contributed by atoms with E-state index < -0.39 is 0 Å². The molecule has 6 heteroatoms. The third kappa shape index (κ3) is 4.24. The Morgan fingerprint density at radius 2 is 1.91 bits per heavy atom. The van der Waals surface area contributed by atoms with Gasteiger partial charge in [0.2, 0.25) is 5.91 Å². The number of hydrogen-bond donors (Lipinski definition) is 0. The fourth-order valence-electron chi connectivity index (χ4n) is 4.12. The summed E-state index contributed by atoms with van der Waals surface area (Å²) in [7, 11) is 1.64. The lowest BCUT2D eigenvalue weighted by atomic mass is 9.81. The molecule has 1 unspecified atom stereocenters. The highest BCUT2D eigenvalue weighted by molar-refractivity contribution is 5.76. The number of amides is 1. The Morgan fingerprint density at radius 3 is 2.61 bits per heavy atom.